The van der Waals surface area contributed by atoms with Gasteiger partial charge in [-0.3, -0.25) is 4.79 Å². The van der Waals surface area contributed by atoms with Gasteiger partial charge < -0.3 is 10.8 Å². The Bertz CT molecular complexity index is 376. The fourth-order valence-electron chi connectivity index (χ4n) is 3.39. The van der Waals surface area contributed by atoms with Crippen molar-refractivity contribution in [1.29, 1.82) is 0 Å². The summed E-state index contributed by atoms with van der Waals surface area (Å²) < 4.78 is 0. The van der Waals surface area contributed by atoms with Gasteiger partial charge in [-0.05, 0) is 56.9 Å². The number of allylic oxidation sites excluding steroid dienone is 2. The van der Waals surface area contributed by atoms with E-state index in [9.17, 15) is 4.79 Å². The summed E-state index contributed by atoms with van der Waals surface area (Å²) in [5.74, 6) is -0.220. The third-order valence-electron chi connectivity index (χ3n) is 4.93. The topological polar surface area (TPSA) is 63.3 Å². The van der Waals surface area contributed by atoms with Crippen molar-refractivity contribution in [3.63, 3.8) is 0 Å². The van der Waals surface area contributed by atoms with Crippen LogP contribution in [0.2, 0.25) is 0 Å². The molecule has 0 aromatic heterocycles. The molecule has 0 saturated heterocycles. The van der Waals surface area contributed by atoms with Gasteiger partial charge in [0, 0.05) is 0 Å². The Labute approximate surface area is 142 Å². The number of carboxylic acid groups (broad SMARTS) is 1. The average molecular weight is 322 g/mol. The molecule has 3 N–H and O–H groups in total. The second kappa shape index (κ2) is 12.3. The molecule has 0 radical (unpaired) electrons. The van der Waals surface area contributed by atoms with Crippen LogP contribution in [0.5, 0.6) is 0 Å². The molecular formula is C20H35NO2. The molecule has 0 aromatic carbocycles. The Morgan fingerprint density at radius 2 is 1.83 bits per heavy atom. The highest BCUT2D eigenvalue weighted by atomic mass is 16.4. The van der Waals surface area contributed by atoms with E-state index in [1.165, 1.54) is 44.9 Å². The third kappa shape index (κ3) is 8.36. The summed E-state index contributed by atoms with van der Waals surface area (Å²) in [4.78, 5) is 11.1. The van der Waals surface area contributed by atoms with Crippen LogP contribution in [0, 0.1) is 17.8 Å². The molecule has 0 aliphatic heterocycles. The van der Waals surface area contributed by atoms with Gasteiger partial charge in [0.05, 0.1) is 5.92 Å². The van der Waals surface area contributed by atoms with E-state index >= 15 is 0 Å². The molecule has 3 nitrogen and oxygen atoms in total. The normalized spacial score (nSPS) is 24.3. The molecule has 23 heavy (non-hydrogen) atoms. The van der Waals surface area contributed by atoms with E-state index in [2.05, 4.69) is 19.1 Å². The second-order valence-electron chi connectivity index (χ2n) is 6.83. The second-order valence-corrected chi connectivity index (χ2v) is 6.83. The fraction of sp³-hybridized carbons (Fsp3) is 0.750. The number of hydrogen-bond acceptors (Lipinski definition) is 2. The first-order chi connectivity index (χ1) is 11.2. The molecular weight excluding hydrogens is 286 g/mol. The molecule has 1 aliphatic rings. The van der Waals surface area contributed by atoms with Crippen molar-refractivity contribution in [3.8, 4) is 0 Å². The molecule has 0 fully saturated rings. The molecule has 3 atom stereocenters. The first-order valence-electron chi connectivity index (χ1n) is 9.45. The summed E-state index contributed by atoms with van der Waals surface area (Å²) in [6, 6.07) is 0. The van der Waals surface area contributed by atoms with Crippen LogP contribution >= 0.6 is 0 Å². The minimum Gasteiger partial charge on any atom is -0.481 e. The predicted molar refractivity (Wildman–Crippen MR) is 97.3 cm³/mol. The maximum atomic E-state index is 11.1. The smallest absolute Gasteiger partial charge is 0.310 e. The fourth-order valence-corrected chi connectivity index (χ4v) is 3.39. The van der Waals surface area contributed by atoms with E-state index in [4.69, 9.17) is 10.8 Å². The molecule has 3 unspecified atom stereocenters. The van der Waals surface area contributed by atoms with Crippen LogP contribution in [-0.4, -0.2) is 17.6 Å². The first-order valence-corrected chi connectivity index (χ1v) is 9.45. The number of carboxylic acids is 1. The zero-order chi connectivity index (χ0) is 16.9. The number of unbranched alkanes of at least 4 members (excludes halogenated alkanes) is 6. The van der Waals surface area contributed by atoms with Crippen LogP contribution < -0.4 is 5.73 Å². The Morgan fingerprint density at radius 1 is 1.13 bits per heavy atom. The zero-order valence-electron chi connectivity index (χ0n) is 14.8. The van der Waals surface area contributed by atoms with Crippen molar-refractivity contribution in [2.45, 2.75) is 71.1 Å². The first kappa shape index (κ1) is 20.0. The molecule has 0 aromatic rings. The molecule has 1 rings (SSSR count). The van der Waals surface area contributed by atoms with Crippen LogP contribution in [0.15, 0.2) is 24.3 Å². The highest BCUT2D eigenvalue weighted by Crippen LogP contribution is 2.32. The predicted octanol–water partition coefficient (Wildman–Crippen LogP) is 4.93. The van der Waals surface area contributed by atoms with Crippen molar-refractivity contribution < 1.29 is 9.90 Å². The molecule has 132 valence electrons. The van der Waals surface area contributed by atoms with Gasteiger partial charge in [0.15, 0.2) is 0 Å². The molecule has 0 saturated carbocycles. The van der Waals surface area contributed by atoms with Crippen LogP contribution in [0.3, 0.4) is 0 Å². The van der Waals surface area contributed by atoms with Gasteiger partial charge in [0.25, 0.3) is 0 Å². The van der Waals surface area contributed by atoms with E-state index in [1.807, 2.05) is 12.2 Å². The van der Waals surface area contributed by atoms with Gasteiger partial charge in [0.1, 0.15) is 0 Å². The lowest BCUT2D eigenvalue weighted by atomic mass is 9.76. The van der Waals surface area contributed by atoms with Gasteiger partial charge >= 0.3 is 5.97 Å². The van der Waals surface area contributed by atoms with Crippen LogP contribution in [0.1, 0.15) is 71.1 Å². The maximum Gasteiger partial charge on any atom is 0.310 e. The quantitative estimate of drug-likeness (QED) is 0.396. The largest absolute Gasteiger partial charge is 0.481 e. The Hall–Kier alpha value is -1.09. The summed E-state index contributed by atoms with van der Waals surface area (Å²) in [5, 5.41) is 9.17. The SMILES string of the molecule is CCCCCCC=CCCCCC1CC(C(=O)O)C=CC1CN. The lowest BCUT2D eigenvalue weighted by Crippen LogP contribution is -2.29. The van der Waals surface area contributed by atoms with Gasteiger partial charge in [-0.1, -0.05) is 56.9 Å². The van der Waals surface area contributed by atoms with Crippen LogP contribution in [0.25, 0.3) is 0 Å². The summed E-state index contributed by atoms with van der Waals surface area (Å²) in [6.45, 7) is 2.87. The van der Waals surface area contributed by atoms with E-state index < -0.39 is 5.97 Å². The van der Waals surface area contributed by atoms with Gasteiger partial charge in [0.2, 0.25) is 0 Å². The van der Waals surface area contributed by atoms with Crippen molar-refractivity contribution in [2.75, 3.05) is 6.54 Å². The standard InChI is InChI=1S/C20H35NO2/c1-2-3-4-5-6-7-8-9-10-11-12-17-15-18(20(22)23)13-14-19(17)16-21/h7-8,13-14,17-19H,2-6,9-12,15-16,21H2,1H3,(H,22,23). The molecule has 3 heteroatoms. The van der Waals surface area contributed by atoms with E-state index in [0.29, 0.717) is 18.4 Å². The highest BCUT2D eigenvalue weighted by Gasteiger charge is 2.28. The highest BCUT2D eigenvalue weighted by molar-refractivity contribution is 5.72. The minimum absolute atomic E-state index is 0.314. The van der Waals surface area contributed by atoms with E-state index in [1.54, 1.807) is 0 Å². The van der Waals surface area contributed by atoms with Crippen LogP contribution in [-0.2, 0) is 4.79 Å². The van der Waals surface area contributed by atoms with Crippen LogP contribution in [0.4, 0.5) is 0 Å². The minimum atomic E-state index is -0.701. The summed E-state index contributed by atoms with van der Waals surface area (Å²) in [5.41, 5.74) is 5.83. The van der Waals surface area contributed by atoms with E-state index in [0.717, 1.165) is 19.3 Å². The molecule has 0 spiro atoms. The van der Waals surface area contributed by atoms with Crippen molar-refractivity contribution in [3.05, 3.63) is 24.3 Å². The van der Waals surface area contributed by atoms with Crippen molar-refractivity contribution >= 4 is 5.97 Å². The lowest BCUT2D eigenvalue weighted by molar-refractivity contribution is -0.140. The van der Waals surface area contributed by atoms with Crippen molar-refractivity contribution in [2.24, 2.45) is 23.5 Å². The number of aliphatic carboxylic acids is 1. The molecule has 0 heterocycles. The average Bonchev–Trinajstić information content (AvgIpc) is 2.56. The molecule has 0 bridgehead atoms. The van der Waals surface area contributed by atoms with Gasteiger partial charge in [-0.15, -0.1) is 0 Å². The van der Waals surface area contributed by atoms with Gasteiger partial charge in [-0.2, -0.15) is 0 Å². The number of carbonyl (C=O) groups is 1. The monoisotopic (exact) mass is 321 g/mol. The van der Waals surface area contributed by atoms with Gasteiger partial charge in [-0.25, -0.2) is 0 Å². The summed E-state index contributed by atoms with van der Waals surface area (Å²) >= 11 is 0. The molecule has 1 aliphatic carbocycles. The third-order valence-corrected chi connectivity index (χ3v) is 4.93. The Kier molecular flexibility index (Phi) is 10.7. The summed E-state index contributed by atoms with van der Waals surface area (Å²) in [6.07, 6.45) is 20.4. The Balaban J connectivity index is 2.15. The summed E-state index contributed by atoms with van der Waals surface area (Å²) in [7, 11) is 0. The number of hydrogen-bond donors (Lipinski definition) is 2. The van der Waals surface area contributed by atoms with E-state index in [-0.39, 0.29) is 5.92 Å². The lowest BCUT2D eigenvalue weighted by Gasteiger charge is -2.29. The molecule has 0 amide bonds. The Morgan fingerprint density at radius 3 is 2.43 bits per heavy atom. The van der Waals surface area contributed by atoms with Crippen molar-refractivity contribution in [1.82, 2.24) is 0 Å². The number of rotatable bonds is 12. The maximum absolute atomic E-state index is 11.1. The zero-order valence-corrected chi connectivity index (χ0v) is 14.8. The number of nitrogens with two attached hydrogens (primary N) is 1.